The molecule has 1 aliphatic rings. The van der Waals surface area contributed by atoms with Gasteiger partial charge in [-0.05, 0) is 25.3 Å². The number of aromatic nitrogens is 1. The summed E-state index contributed by atoms with van der Waals surface area (Å²) in [6.07, 6.45) is 2.31. The van der Waals surface area contributed by atoms with Crippen molar-refractivity contribution in [3.05, 3.63) is 16.1 Å². The molecule has 0 aromatic carbocycles. The molecule has 3 nitrogen and oxygen atoms in total. The molecular formula is C14H24N2OS. The third-order valence-corrected chi connectivity index (χ3v) is 4.39. The Bertz CT molecular complexity index is 358. The second-order valence-corrected chi connectivity index (χ2v) is 6.21. The van der Waals surface area contributed by atoms with Crippen molar-refractivity contribution in [1.29, 1.82) is 0 Å². The minimum Gasteiger partial charge on any atom is -0.381 e. The Morgan fingerprint density at radius 1 is 1.56 bits per heavy atom. The quantitative estimate of drug-likeness (QED) is 0.859. The zero-order chi connectivity index (χ0) is 13.0. The molecule has 18 heavy (non-hydrogen) atoms. The summed E-state index contributed by atoms with van der Waals surface area (Å²) in [6, 6.07) is 0.380. The highest BCUT2D eigenvalue weighted by Gasteiger charge is 2.28. The second kappa shape index (κ2) is 6.64. The summed E-state index contributed by atoms with van der Waals surface area (Å²) in [7, 11) is 0. The van der Waals surface area contributed by atoms with Gasteiger partial charge >= 0.3 is 0 Å². The van der Waals surface area contributed by atoms with Crippen LogP contribution in [0.5, 0.6) is 0 Å². The average Bonchev–Trinajstić information content (AvgIpc) is 3.00. The van der Waals surface area contributed by atoms with Gasteiger partial charge in [0, 0.05) is 17.9 Å². The molecule has 4 heteroatoms. The van der Waals surface area contributed by atoms with E-state index in [2.05, 4.69) is 31.5 Å². The molecule has 0 radical (unpaired) electrons. The molecule has 0 spiro atoms. The van der Waals surface area contributed by atoms with Crippen molar-refractivity contribution < 1.29 is 4.74 Å². The molecule has 1 saturated heterocycles. The molecule has 1 aromatic rings. The van der Waals surface area contributed by atoms with E-state index in [-0.39, 0.29) is 0 Å². The summed E-state index contributed by atoms with van der Waals surface area (Å²) in [4.78, 5) is 4.81. The lowest BCUT2D eigenvalue weighted by Crippen LogP contribution is -2.29. The van der Waals surface area contributed by atoms with Crippen LogP contribution in [-0.4, -0.2) is 24.7 Å². The van der Waals surface area contributed by atoms with Crippen molar-refractivity contribution in [1.82, 2.24) is 10.3 Å². The largest absolute Gasteiger partial charge is 0.381 e. The molecule has 1 fully saturated rings. The average molecular weight is 268 g/mol. The Hall–Kier alpha value is -0.450. The molecule has 0 bridgehead atoms. The maximum Gasteiger partial charge on any atom is 0.110 e. The number of thiazole rings is 1. The zero-order valence-electron chi connectivity index (χ0n) is 11.6. The summed E-state index contributed by atoms with van der Waals surface area (Å²) < 4.78 is 5.53. The fourth-order valence-electron chi connectivity index (χ4n) is 2.28. The highest BCUT2D eigenvalue weighted by Crippen LogP contribution is 2.32. The van der Waals surface area contributed by atoms with Gasteiger partial charge in [-0.25, -0.2) is 4.98 Å². The van der Waals surface area contributed by atoms with Crippen molar-refractivity contribution in [3.8, 4) is 0 Å². The number of hydrogen-bond donors (Lipinski definition) is 1. The van der Waals surface area contributed by atoms with E-state index in [1.165, 1.54) is 10.7 Å². The number of ether oxygens (including phenoxy) is 1. The molecule has 2 rings (SSSR count). The Morgan fingerprint density at radius 3 is 2.94 bits per heavy atom. The lowest BCUT2D eigenvalue weighted by Gasteiger charge is -2.21. The number of rotatable bonds is 6. The van der Waals surface area contributed by atoms with Crippen LogP contribution >= 0.6 is 11.3 Å². The first-order valence-corrected chi connectivity index (χ1v) is 7.86. The van der Waals surface area contributed by atoms with Crippen molar-refractivity contribution in [3.63, 3.8) is 0 Å². The molecule has 1 aromatic heterocycles. The predicted molar refractivity (Wildman–Crippen MR) is 76.2 cm³/mol. The monoisotopic (exact) mass is 268 g/mol. The lowest BCUT2D eigenvalue weighted by molar-refractivity contribution is 0.176. The molecule has 2 heterocycles. The van der Waals surface area contributed by atoms with E-state index in [0.717, 1.165) is 32.6 Å². The van der Waals surface area contributed by atoms with Gasteiger partial charge in [0.1, 0.15) is 5.01 Å². The van der Waals surface area contributed by atoms with Crippen LogP contribution in [0.4, 0.5) is 0 Å². The summed E-state index contributed by atoms with van der Waals surface area (Å²) in [6.45, 7) is 9.43. The van der Waals surface area contributed by atoms with Crippen LogP contribution in [-0.2, 0) is 4.74 Å². The maximum atomic E-state index is 5.53. The Kier molecular flexibility index (Phi) is 5.15. The van der Waals surface area contributed by atoms with E-state index in [1.807, 2.05) is 0 Å². The molecule has 2 atom stereocenters. The standard InChI is InChI=1S/C14H24N2OS/c1-4-6-15-13(11-5-7-17-8-11)14-16-12(9-18-14)10(2)3/h9-11,13,15H,4-8H2,1-3H3. The first-order chi connectivity index (χ1) is 8.72. The molecule has 0 saturated carbocycles. The van der Waals surface area contributed by atoms with Crippen LogP contribution in [0.2, 0.25) is 0 Å². The first kappa shape index (κ1) is 14.0. The van der Waals surface area contributed by atoms with Gasteiger partial charge in [-0.15, -0.1) is 11.3 Å². The number of nitrogens with zero attached hydrogens (tertiary/aromatic N) is 1. The minimum atomic E-state index is 0.380. The Morgan fingerprint density at radius 2 is 2.39 bits per heavy atom. The van der Waals surface area contributed by atoms with Gasteiger partial charge in [-0.1, -0.05) is 20.8 Å². The van der Waals surface area contributed by atoms with E-state index < -0.39 is 0 Å². The van der Waals surface area contributed by atoms with E-state index in [9.17, 15) is 0 Å². The summed E-state index contributed by atoms with van der Waals surface area (Å²) in [5.74, 6) is 1.10. The number of nitrogens with one attached hydrogen (secondary N) is 1. The van der Waals surface area contributed by atoms with E-state index >= 15 is 0 Å². The van der Waals surface area contributed by atoms with Crippen LogP contribution < -0.4 is 5.32 Å². The molecule has 102 valence electrons. The molecular weight excluding hydrogens is 244 g/mol. The van der Waals surface area contributed by atoms with Crippen LogP contribution in [0.1, 0.15) is 56.3 Å². The second-order valence-electron chi connectivity index (χ2n) is 5.32. The predicted octanol–water partition coefficient (Wildman–Crippen LogP) is 3.34. The maximum absolute atomic E-state index is 5.53. The van der Waals surface area contributed by atoms with Gasteiger partial charge < -0.3 is 10.1 Å². The van der Waals surface area contributed by atoms with Crippen molar-refractivity contribution in [2.75, 3.05) is 19.8 Å². The van der Waals surface area contributed by atoms with Crippen LogP contribution in [0.15, 0.2) is 5.38 Å². The van der Waals surface area contributed by atoms with E-state index in [4.69, 9.17) is 9.72 Å². The Labute approximate surface area is 114 Å². The summed E-state index contributed by atoms with van der Waals surface area (Å²) >= 11 is 1.79. The third-order valence-electron chi connectivity index (χ3n) is 3.45. The lowest BCUT2D eigenvalue weighted by atomic mass is 9.99. The molecule has 1 N–H and O–H groups in total. The smallest absolute Gasteiger partial charge is 0.110 e. The highest BCUT2D eigenvalue weighted by molar-refractivity contribution is 7.09. The first-order valence-electron chi connectivity index (χ1n) is 6.98. The summed E-state index contributed by atoms with van der Waals surface area (Å²) in [5, 5.41) is 7.09. The van der Waals surface area contributed by atoms with Crippen molar-refractivity contribution in [2.24, 2.45) is 5.92 Å². The van der Waals surface area contributed by atoms with Crippen LogP contribution in [0.3, 0.4) is 0 Å². The fourth-order valence-corrected chi connectivity index (χ4v) is 3.43. The molecule has 2 unspecified atom stereocenters. The van der Waals surface area contributed by atoms with Gasteiger partial charge in [-0.3, -0.25) is 0 Å². The van der Waals surface area contributed by atoms with E-state index in [0.29, 0.717) is 17.9 Å². The minimum absolute atomic E-state index is 0.380. The van der Waals surface area contributed by atoms with Gasteiger partial charge in [-0.2, -0.15) is 0 Å². The van der Waals surface area contributed by atoms with Gasteiger partial charge in [0.05, 0.1) is 18.3 Å². The summed E-state index contributed by atoms with van der Waals surface area (Å²) in [5.41, 5.74) is 1.22. The molecule has 0 aliphatic carbocycles. The number of hydrogen-bond acceptors (Lipinski definition) is 4. The van der Waals surface area contributed by atoms with Crippen molar-refractivity contribution >= 4 is 11.3 Å². The van der Waals surface area contributed by atoms with E-state index in [1.54, 1.807) is 11.3 Å². The van der Waals surface area contributed by atoms with Crippen molar-refractivity contribution in [2.45, 2.75) is 45.6 Å². The third kappa shape index (κ3) is 3.31. The molecule has 1 aliphatic heterocycles. The normalized spacial score (nSPS) is 21.7. The zero-order valence-corrected chi connectivity index (χ0v) is 12.4. The topological polar surface area (TPSA) is 34.2 Å². The van der Waals surface area contributed by atoms with Gasteiger partial charge in [0.2, 0.25) is 0 Å². The molecule has 0 amide bonds. The Balaban J connectivity index is 2.10. The SMILES string of the molecule is CCCNC(c1nc(C(C)C)cs1)C1CCOC1. The van der Waals surface area contributed by atoms with Gasteiger partial charge in [0.25, 0.3) is 0 Å². The van der Waals surface area contributed by atoms with Crippen LogP contribution in [0, 0.1) is 5.92 Å². The fraction of sp³-hybridized carbons (Fsp3) is 0.786. The van der Waals surface area contributed by atoms with Crippen LogP contribution in [0.25, 0.3) is 0 Å². The van der Waals surface area contributed by atoms with Gasteiger partial charge in [0.15, 0.2) is 0 Å². The highest BCUT2D eigenvalue weighted by atomic mass is 32.1.